The largest absolute Gasteiger partial charge is 0.471 e. The number of benzene rings is 1. The maximum absolute atomic E-state index is 5.86. The van der Waals surface area contributed by atoms with E-state index in [1.54, 1.807) is 0 Å². The van der Waals surface area contributed by atoms with Gasteiger partial charge in [-0.15, -0.1) is 0 Å². The van der Waals surface area contributed by atoms with Gasteiger partial charge in [-0.1, -0.05) is 46.9 Å². The topological polar surface area (TPSA) is 39.5 Å². The van der Waals surface area contributed by atoms with Crippen molar-refractivity contribution in [2.24, 2.45) is 0 Å². The molecule has 0 bridgehead atoms. The van der Waals surface area contributed by atoms with Crippen molar-refractivity contribution in [2.75, 3.05) is 27.2 Å². The predicted molar refractivity (Wildman–Crippen MR) is 81.9 cm³/mol. The number of nitrogens with one attached hydrogen (secondary N) is 1. The summed E-state index contributed by atoms with van der Waals surface area (Å²) in [6.45, 7) is 1.38. The highest BCUT2D eigenvalue weighted by atomic mass is 35.6. The third-order valence-corrected chi connectivity index (χ3v) is 3.17. The van der Waals surface area contributed by atoms with Crippen LogP contribution in [0, 0.1) is 0 Å². The van der Waals surface area contributed by atoms with Gasteiger partial charge in [0.2, 0.25) is 9.67 Å². The number of hydrogen-bond donors (Lipinski definition) is 1. The zero-order chi connectivity index (χ0) is 14.8. The van der Waals surface area contributed by atoms with E-state index in [1.165, 1.54) is 4.90 Å². The van der Waals surface area contributed by atoms with E-state index in [1.807, 2.05) is 38.4 Å². The Labute approximate surface area is 132 Å². The van der Waals surface area contributed by atoms with E-state index in [0.717, 1.165) is 11.9 Å². The molecule has 0 aliphatic rings. The molecule has 0 atom stereocenters. The molecule has 0 radical (unpaired) electrons. The van der Waals surface area contributed by atoms with Crippen LogP contribution in [-0.2, 0) is 3.79 Å². The van der Waals surface area contributed by atoms with Crippen LogP contribution < -0.4 is 9.64 Å². The summed E-state index contributed by atoms with van der Waals surface area (Å²) >= 11 is 17.6. The van der Waals surface area contributed by atoms with Gasteiger partial charge in [-0.25, -0.2) is 4.98 Å². The molecule has 0 aliphatic heterocycles. The first-order chi connectivity index (χ1) is 9.38. The van der Waals surface area contributed by atoms with Gasteiger partial charge >= 0.3 is 0 Å². The molecule has 1 aromatic carbocycles. The van der Waals surface area contributed by atoms with E-state index in [2.05, 4.69) is 9.97 Å². The molecule has 108 valence electrons. The first-order valence-corrected chi connectivity index (χ1v) is 7.27. The highest BCUT2D eigenvalue weighted by Gasteiger charge is 2.28. The van der Waals surface area contributed by atoms with E-state index in [4.69, 9.17) is 39.5 Å². The van der Waals surface area contributed by atoms with Crippen molar-refractivity contribution in [3.8, 4) is 5.88 Å². The van der Waals surface area contributed by atoms with Crippen molar-refractivity contribution in [3.63, 3.8) is 0 Å². The molecule has 0 fully saturated rings. The fourth-order valence-corrected chi connectivity index (χ4v) is 1.89. The van der Waals surface area contributed by atoms with Gasteiger partial charge in [0, 0.05) is 0 Å². The molecule has 7 heteroatoms. The Kier molecular flexibility index (Phi) is 4.91. The highest BCUT2D eigenvalue weighted by molar-refractivity contribution is 6.66. The van der Waals surface area contributed by atoms with Crippen molar-refractivity contribution in [1.29, 1.82) is 0 Å². The molecule has 1 N–H and O–H groups in total. The van der Waals surface area contributed by atoms with Gasteiger partial charge in [0.05, 0.1) is 25.0 Å². The van der Waals surface area contributed by atoms with Gasteiger partial charge in [0.15, 0.2) is 5.82 Å². The number of fused-ring (bicyclic) bond motifs is 1. The summed E-state index contributed by atoms with van der Waals surface area (Å²) in [7, 11) is 4.10. The third-order valence-electron chi connectivity index (χ3n) is 2.66. The summed E-state index contributed by atoms with van der Waals surface area (Å²) in [4.78, 5) is 9.77. The Morgan fingerprint density at radius 2 is 1.85 bits per heavy atom. The lowest BCUT2D eigenvalue weighted by atomic mass is 10.2. The van der Waals surface area contributed by atoms with Crippen LogP contribution in [0.3, 0.4) is 0 Å². The Bertz CT molecular complexity index is 599. The SMILES string of the molecule is C[NH+](C)CCOc1nc(C(Cl)(Cl)Cl)nc2ccccc12. The van der Waals surface area contributed by atoms with Gasteiger partial charge < -0.3 is 9.64 Å². The van der Waals surface area contributed by atoms with Crippen LogP contribution in [0.1, 0.15) is 5.82 Å². The monoisotopic (exact) mass is 334 g/mol. The quantitative estimate of drug-likeness (QED) is 0.869. The van der Waals surface area contributed by atoms with Crippen LogP contribution in [0.25, 0.3) is 10.9 Å². The summed E-state index contributed by atoms with van der Waals surface area (Å²) in [6, 6.07) is 7.48. The fourth-order valence-electron chi connectivity index (χ4n) is 1.64. The summed E-state index contributed by atoms with van der Waals surface area (Å²) in [5.74, 6) is 0.562. The number of para-hydroxylation sites is 1. The van der Waals surface area contributed by atoms with Crippen molar-refractivity contribution >= 4 is 45.7 Å². The molecule has 2 rings (SSSR count). The smallest absolute Gasteiger partial charge is 0.250 e. The lowest BCUT2D eigenvalue weighted by Gasteiger charge is -2.14. The van der Waals surface area contributed by atoms with E-state index in [9.17, 15) is 0 Å². The highest BCUT2D eigenvalue weighted by Crippen LogP contribution is 2.37. The second-order valence-corrected chi connectivity index (χ2v) is 6.95. The lowest BCUT2D eigenvalue weighted by molar-refractivity contribution is -0.858. The summed E-state index contributed by atoms with van der Waals surface area (Å²) in [5.41, 5.74) is 0.691. The zero-order valence-electron chi connectivity index (χ0n) is 11.2. The molecule has 0 amide bonds. The van der Waals surface area contributed by atoms with Crippen molar-refractivity contribution in [2.45, 2.75) is 3.79 Å². The van der Waals surface area contributed by atoms with E-state index < -0.39 is 3.79 Å². The number of aromatic nitrogens is 2. The second-order valence-electron chi connectivity index (χ2n) is 4.67. The third kappa shape index (κ3) is 3.85. The minimum absolute atomic E-state index is 0.119. The Morgan fingerprint density at radius 3 is 2.50 bits per heavy atom. The zero-order valence-corrected chi connectivity index (χ0v) is 13.4. The van der Waals surface area contributed by atoms with Crippen molar-refractivity contribution in [1.82, 2.24) is 9.97 Å². The maximum atomic E-state index is 5.86. The number of alkyl halides is 3. The average molecular weight is 336 g/mol. The van der Waals surface area contributed by atoms with E-state index in [-0.39, 0.29) is 5.82 Å². The number of likely N-dealkylation sites (N-methyl/N-ethyl adjacent to an activating group) is 1. The molecular weight excluding hydrogens is 321 g/mol. The number of ether oxygens (including phenoxy) is 1. The van der Waals surface area contributed by atoms with Crippen LogP contribution in [0.15, 0.2) is 24.3 Å². The standard InChI is InChI=1S/C13H14Cl3N3O/c1-19(2)7-8-20-11-9-5-3-4-6-10(9)17-12(18-11)13(14,15)16/h3-6H,7-8H2,1-2H3/p+1. The van der Waals surface area contributed by atoms with Crippen LogP contribution >= 0.6 is 34.8 Å². The van der Waals surface area contributed by atoms with Crippen LogP contribution in [0.2, 0.25) is 0 Å². The molecular formula is C13H15Cl3N3O+. The summed E-state index contributed by atoms with van der Waals surface area (Å²) in [6.07, 6.45) is 0. The van der Waals surface area contributed by atoms with Crippen LogP contribution in [0.5, 0.6) is 5.88 Å². The molecule has 0 saturated carbocycles. The number of quaternary nitrogens is 1. The molecule has 0 saturated heterocycles. The van der Waals surface area contributed by atoms with E-state index >= 15 is 0 Å². The van der Waals surface area contributed by atoms with Gasteiger partial charge in [-0.05, 0) is 12.1 Å². The average Bonchev–Trinajstić information content (AvgIpc) is 2.37. The minimum Gasteiger partial charge on any atom is -0.471 e. The number of halogens is 3. The maximum Gasteiger partial charge on any atom is 0.250 e. The second kappa shape index (κ2) is 6.31. The van der Waals surface area contributed by atoms with Gasteiger partial charge in [0.1, 0.15) is 13.2 Å². The number of rotatable bonds is 4. The van der Waals surface area contributed by atoms with Crippen LogP contribution in [-0.4, -0.2) is 37.2 Å². The molecule has 4 nitrogen and oxygen atoms in total. The summed E-state index contributed by atoms with van der Waals surface area (Å²) < 4.78 is 4.05. The fraction of sp³-hybridized carbons (Fsp3) is 0.385. The first kappa shape index (κ1) is 15.6. The normalized spacial score (nSPS) is 12.1. The Balaban J connectivity index is 2.39. The molecule has 0 spiro atoms. The molecule has 0 unspecified atom stereocenters. The molecule has 1 heterocycles. The molecule has 20 heavy (non-hydrogen) atoms. The van der Waals surface area contributed by atoms with Crippen molar-refractivity contribution < 1.29 is 9.64 Å². The molecule has 2 aromatic rings. The van der Waals surface area contributed by atoms with Gasteiger partial charge in [0.25, 0.3) is 0 Å². The van der Waals surface area contributed by atoms with Crippen molar-refractivity contribution in [3.05, 3.63) is 30.1 Å². The number of hydrogen-bond acceptors (Lipinski definition) is 3. The number of nitrogens with zero attached hydrogens (tertiary/aromatic N) is 2. The molecule has 1 aromatic heterocycles. The predicted octanol–water partition coefficient (Wildman–Crippen LogP) is 1.98. The molecule has 0 aliphatic carbocycles. The first-order valence-electron chi connectivity index (χ1n) is 6.14. The Hall–Kier alpha value is -0.810. The Morgan fingerprint density at radius 1 is 1.15 bits per heavy atom. The minimum atomic E-state index is -1.67. The summed E-state index contributed by atoms with van der Waals surface area (Å²) in [5, 5.41) is 0.805. The lowest BCUT2D eigenvalue weighted by Crippen LogP contribution is -3.06. The van der Waals surface area contributed by atoms with E-state index in [0.29, 0.717) is 18.0 Å². The van der Waals surface area contributed by atoms with Crippen LogP contribution in [0.4, 0.5) is 0 Å². The van der Waals surface area contributed by atoms with Gasteiger partial charge in [-0.3, -0.25) is 0 Å². The van der Waals surface area contributed by atoms with Gasteiger partial charge in [-0.2, -0.15) is 4.98 Å².